The van der Waals surface area contributed by atoms with Gasteiger partial charge in [0.25, 0.3) is 5.91 Å². The number of nitrogens with one attached hydrogen (secondary N) is 1. The van der Waals surface area contributed by atoms with Gasteiger partial charge in [-0.1, -0.05) is 0 Å². The average Bonchev–Trinajstić information content (AvgIpc) is 3.48. The fraction of sp³-hybridized carbons (Fsp3) is 0.360. The highest BCUT2D eigenvalue weighted by Crippen LogP contribution is 2.59. The van der Waals surface area contributed by atoms with E-state index in [0.29, 0.717) is 23.5 Å². The molecule has 0 aromatic heterocycles. The topological polar surface area (TPSA) is 102 Å². The lowest BCUT2D eigenvalue weighted by atomic mass is 9.80. The van der Waals surface area contributed by atoms with Gasteiger partial charge < -0.3 is 14.8 Å². The molecule has 3 aliphatic rings. The van der Waals surface area contributed by atoms with Gasteiger partial charge in [-0.2, -0.15) is 0 Å². The number of hydrogen-bond acceptors (Lipinski definition) is 6. The second-order valence-corrected chi connectivity index (χ2v) is 9.92. The quantitative estimate of drug-likeness (QED) is 0.358. The standard InChI is InChI=1S/C25H22Cl2N2O6/c1-34-15-8-4-13(5-9-15)28-18(30)11-35-25(33)12-2-6-14(7-3-12)29-23(31)19-16-10-17(20(19)24(29)32)22(27)21(16)26/h2-9,16-17,19-22H,10-11H2,1H3,(H,28,30)/t16-,17-,19-,20-,21-,22+/m1/s1. The predicted octanol–water partition coefficient (Wildman–Crippen LogP) is 3.46. The van der Waals surface area contributed by atoms with Gasteiger partial charge in [0.05, 0.1) is 41.0 Å². The van der Waals surface area contributed by atoms with Gasteiger partial charge in [0.1, 0.15) is 5.75 Å². The van der Waals surface area contributed by atoms with Gasteiger partial charge in [-0.15, -0.1) is 23.2 Å². The van der Waals surface area contributed by atoms with Crippen molar-refractivity contribution >= 4 is 58.3 Å². The molecule has 6 atom stereocenters. The van der Waals surface area contributed by atoms with Gasteiger partial charge in [0.2, 0.25) is 11.8 Å². The van der Waals surface area contributed by atoms with Crippen LogP contribution in [0.25, 0.3) is 0 Å². The van der Waals surface area contributed by atoms with E-state index in [9.17, 15) is 19.2 Å². The monoisotopic (exact) mass is 516 g/mol. The van der Waals surface area contributed by atoms with Gasteiger partial charge in [-0.05, 0) is 66.8 Å². The second-order valence-electron chi connectivity index (χ2n) is 8.92. The fourth-order valence-electron chi connectivity index (χ4n) is 5.44. The summed E-state index contributed by atoms with van der Waals surface area (Å²) in [5, 5.41) is 1.98. The summed E-state index contributed by atoms with van der Waals surface area (Å²) in [5.41, 5.74) is 1.10. The minimum absolute atomic E-state index is 0.103. The molecule has 5 rings (SSSR count). The molecule has 2 bridgehead atoms. The smallest absolute Gasteiger partial charge is 0.338 e. The van der Waals surface area contributed by atoms with E-state index in [1.54, 1.807) is 31.4 Å². The number of benzene rings is 2. The van der Waals surface area contributed by atoms with Crippen molar-refractivity contribution in [2.24, 2.45) is 23.7 Å². The number of methoxy groups -OCH3 is 1. The minimum Gasteiger partial charge on any atom is -0.497 e. The van der Waals surface area contributed by atoms with Crippen molar-refractivity contribution < 1.29 is 28.7 Å². The molecule has 0 radical (unpaired) electrons. The highest BCUT2D eigenvalue weighted by Gasteiger charge is 2.66. The number of anilines is 2. The second kappa shape index (κ2) is 9.17. The molecule has 1 saturated heterocycles. The summed E-state index contributed by atoms with van der Waals surface area (Å²) in [5.74, 6) is -2.19. The summed E-state index contributed by atoms with van der Waals surface area (Å²) in [6.45, 7) is -0.471. The molecule has 2 aromatic carbocycles. The number of imide groups is 1. The van der Waals surface area contributed by atoms with E-state index < -0.39 is 30.3 Å². The summed E-state index contributed by atoms with van der Waals surface area (Å²) in [4.78, 5) is 51.8. The van der Waals surface area contributed by atoms with Gasteiger partial charge in [0, 0.05) is 5.69 Å². The molecule has 8 nitrogen and oxygen atoms in total. The summed E-state index contributed by atoms with van der Waals surface area (Å²) in [6, 6.07) is 12.7. The van der Waals surface area contributed by atoms with Crippen molar-refractivity contribution in [2.45, 2.75) is 17.2 Å². The Morgan fingerprint density at radius 1 is 0.943 bits per heavy atom. The molecular weight excluding hydrogens is 495 g/mol. The zero-order chi connectivity index (χ0) is 24.9. The third kappa shape index (κ3) is 4.04. The van der Waals surface area contributed by atoms with Crippen molar-refractivity contribution in [2.75, 3.05) is 23.9 Å². The fourth-order valence-corrected chi connectivity index (χ4v) is 6.33. The van der Waals surface area contributed by atoms with Crippen molar-refractivity contribution in [3.63, 3.8) is 0 Å². The lowest BCUT2D eigenvalue weighted by Crippen LogP contribution is -2.37. The van der Waals surface area contributed by atoms with E-state index in [0.717, 1.165) is 0 Å². The van der Waals surface area contributed by atoms with Crippen molar-refractivity contribution in [3.8, 4) is 5.75 Å². The first-order chi connectivity index (χ1) is 16.8. The number of nitrogens with zero attached hydrogens (tertiary/aromatic N) is 1. The number of carbonyl (C=O) groups excluding carboxylic acids is 4. The Morgan fingerprint density at radius 2 is 1.51 bits per heavy atom. The van der Waals surface area contributed by atoms with E-state index in [2.05, 4.69) is 5.32 Å². The molecule has 0 unspecified atom stereocenters. The van der Waals surface area contributed by atoms with Crippen LogP contribution in [-0.4, -0.2) is 48.2 Å². The average molecular weight is 517 g/mol. The first kappa shape index (κ1) is 23.6. The highest BCUT2D eigenvalue weighted by molar-refractivity contribution is 6.32. The Morgan fingerprint density at radius 3 is 2.06 bits per heavy atom. The molecule has 0 spiro atoms. The van der Waals surface area contributed by atoms with E-state index in [-0.39, 0.29) is 40.0 Å². The molecule has 3 amide bonds. The number of amides is 3. The molecular formula is C25H22Cl2N2O6. The molecule has 1 aliphatic heterocycles. The van der Waals surface area contributed by atoms with Crippen LogP contribution in [0.3, 0.4) is 0 Å². The Labute approximate surface area is 211 Å². The van der Waals surface area contributed by atoms with Crippen LogP contribution < -0.4 is 15.0 Å². The van der Waals surface area contributed by atoms with Crippen LogP contribution in [0.5, 0.6) is 5.75 Å². The van der Waals surface area contributed by atoms with Gasteiger partial charge >= 0.3 is 5.97 Å². The third-order valence-corrected chi connectivity index (χ3v) is 8.38. The largest absolute Gasteiger partial charge is 0.497 e. The van der Waals surface area contributed by atoms with Crippen molar-refractivity contribution in [1.82, 2.24) is 0 Å². The van der Waals surface area contributed by atoms with Crippen LogP contribution in [0.2, 0.25) is 0 Å². The minimum atomic E-state index is -0.703. The number of esters is 1. The Bertz CT molecular complexity index is 1150. The summed E-state index contributed by atoms with van der Waals surface area (Å²) < 4.78 is 10.1. The molecule has 3 fully saturated rings. The summed E-state index contributed by atoms with van der Waals surface area (Å²) >= 11 is 12.8. The van der Waals surface area contributed by atoms with Crippen LogP contribution in [0.4, 0.5) is 11.4 Å². The molecule has 35 heavy (non-hydrogen) atoms. The predicted molar refractivity (Wildman–Crippen MR) is 129 cm³/mol. The number of alkyl halides is 2. The maximum absolute atomic E-state index is 13.1. The Hall–Kier alpha value is -3.10. The molecule has 10 heteroatoms. The van der Waals surface area contributed by atoms with Crippen molar-refractivity contribution in [1.29, 1.82) is 0 Å². The maximum Gasteiger partial charge on any atom is 0.338 e. The third-order valence-electron chi connectivity index (χ3n) is 7.06. The number of halogens is 2. The van der Waals surface area contributed by atoms with E-state index >= 15 is 0 Å². The van der Waals surface area contributed by atoms with E-state index in [1.165, 1.54) is 29.2 Å². The van der Waals surface area contributed by atoms with Crippen LogP contribution in [0.15, 0.2) is 48.5 Å². The van der Waals surface area contributed by atoms with Gasteiger partial charge in [0.15, 0.2) is 6.61 Å². The lowest BCUT2D eigenvalue weighted by Gasteiger charge is -2.28. The molecule has 2 aromatic rings. The molecule has 182 valence electrons. The van der Waals surface area contributed by atoms with Gasteiger partial charge in [-0.3, -0.25) is 19.3 Å². The number of carbonyl (C=O) groups is 4. The zero-order valence-electron chi connectivity index (χ0n) is 18.6. The van der Waals surface area contributed by atoms with Crippen LogP contribution >= 0.6 is 23.2 Å². The maximum atomic E-state index is 13.1. The number of rotatable bonds is 6. The van der Waals surface area contributed by atoms with Crippen molar-refractivity contribution in [3.05, 3.63) is 54.1 Å². The summed E-state index contributed by atoms with van der Waals surface area (Å²) in [7, 11) is 1.54. The highest BCUT2D eigenvalue weighted by atomic mass is 35.5. The molecule has 1 heterocycles. The number of fused-ring (bicyclic) bond motifs is 5. The van der Waals surface area contributed by atoms with Gasteiger partial charge in [-0.25, -0.2) is 4.79 Å². The van der Waals surface area contributed by atoms with Crippen LogP contribution in [-0.2, 0) is 19.1 Å². The molecule has 2 saturated carbocycles. The molecule has 2 aliphatic carbocycles. The Balaban J connectivity index is 1.20. The van der Waals surface area contributed by atoms with Crippen LogP contribution in [0.1, 0.15) is 16.8 Å². The summed E-state index contributed by atoms with van der Waals surface area (Å²) in [6.07, 6.45) is 0.694. The number of hydrogen-bond donors (Lipinski definition) is 1. The van der Waals surface area contributed by atoms with E-state index in [1.807, 2.05) is 0 Å². The van der Waals surface area contributed by atoms with Crippen LogP contribution in [0, 0.1) is 23.7 Å². The number of ether oxygens (including phenoxy) is 2. The Kier molecular flexibility index (Phi) is 6.19. The lowest BCUT2D eigenvalue weighted by molar-refractivity contribution is -0.123. The zero-order valence-corrected chi connectivity index (χ0v) is 20.2. The van der Waals surface area contributed by atoms with E-state index in [4.69, 9.17) is 32.7 Å². The normalized spacial score (nSPS) is 28.7. The first-order valence-corrected chi connectivity index (χ1v) is 12.0. The first-order valence-electron chi connectivity index (χ1n) is 11.2. The SMILES string of the molecule is COc1ccc(NC(=O)COC(=O)c2ccc(N3C(=O)[C@@H]4[C@H]5C[C@@H]([C@@H](Cl)[C@H]5Cl)[C@H]4C3=O)cc2)cc1. The molecule has 1 N–H and O–H groups in total.